The lowest BCUT2D eigenvalue weighted by molar-refractivity contribution is -0.134. The van der Waals surface area contributed by atoms with Gasteiger partial charge in [0.05, 0.1) is 0 Å². The maximum Gasteiger partial charge on any atom is 0.320 e. The fraction of sp³-hybridized carbons (Fsp3) is 0.923. The summed E-state index contributed by atoms with van der Waals surface area (Å²) in [5.74, 6) is -1.53. The quantitative estimate of drug-likeness (QED) is 0.784. The first-order valence-electron chi connectivity index (χ1n) is 6.88. The third kappa shape index (κ3) is 5.10. The SMILES string of the molecule is CCC(C)(C)C1CCC(NS(=O)(=O)CC(=O)O)CC1. The number of nitrogens with one attached hydrogen (secondary N) is 1. The molecule has 1 rings (SSSR count). The highest BCUT2D eigenvalue weighted by atomic mass is 32.2. The summed E-state index contributed by atoms with van der Waals surface area (Å²) >= 11 is 0. The maximum absolute atomic E-state index is 11.6. The van der Waals surface area contributed by atoms with Crippen LogP contribution in [-0.4, -0.2) is 31.3 Å². The number of carbonyl (C=O) groups is 1. The number of rotatable bonds is 6. The average molecular weight is 291 g/mol. The van der Waals surface area contributed by atoms with Crippen molar-refractivity contribution in [3.05, 3.63) is 0 Å². The Morgan fingerprint density at radius 3 is 2.21 bits per heavy atom. The Labute approximate surface area is 115 Å². The van der Waals surface area contributed by atoms with E-state index in [4.69, 9.17) is 5.11 Å². The summed E-state index contributed by atoms with van der Waals surface area (Å²) in [6, 6.07) is -0.103. The van der Waals surface area contributed by atoms with E-state index in [0.29, 0.717) is 11.3 Å². The second kappa shape index (κ2) is 6.22. The van der Waals surface area contributed by atoms with Gasteiger partial charge in [-0.2, -0.15) is 0 Å². The fourth-order valence-corrected chi connectivity index (χ4v) is 3.89. The van der Waals surface area contributed by atoms with Crippen molar-refractivity contribution in [1.29, 1.82) is 0 Å². The summed E-state index contributed by atoms with van der Waals surface area (Å²) in [5.41, 5.74) is 0.297. The normalized spacial score (nSPS) is 25.2. The van der Waals surface area contributed by atoms with E-state index in [1.807, 2.05) is 0 Å². The Kier molecular flexibility index (Phi) is 5.38. The highest BCUT2D eigenvalue weighted by Crippen LogP contribution is 2.40. The predicted octanol–water partition coefficient (Wildman–Crippen LogP) is 1.99. The standard InChI is InChI=1S/C13H25NO4S/c1-4-13(2,3)10-5-7-11(8-6-10)14-19(17,18)9-12(15)16/h10-11,14H,4-9H2,1-3H3,(H,15,16). The highest BCUT2D eigenvalue weighted by Gasteiger charge is 2.33. The minimum atomic E-state index is -3.69. The molecule has 19 heavy (non-hydrogen) atoms. The molecule has 0 radical (unpaired) electrons. The van der Waals surface area contributed by atoms with Crippen LogP contribution in [0.1, 0.15) is 52.9 Å². The molecule has 6 heteroatoms. The van der Waals surface area contributed by atoms with Crippen LogP contribution in [0.3, 0.4) is 0 Å². The summed E-state index contributed by atoms with van der Waals surface area (Å²) < 4.78 is 25.6. The van der Waals surface area contributed by atoms with Crippen LogP contribution >= 0.6 is 0 Å². The topological polar surface area (TPSA) is 83.5 Å². The summed E-state index contributed by atoms with van der Waals surface area (Å²) in [4.78, 5) is 10.5. The molecule has 0 heterocycles. The first kappa shape index (κ1) is 16.4. The Morgan fingerprint density at radius 2 is 1.79 bits per heavy atom. The van der Waals surface area contributed by atoms with Crippen LogP contribution in [0.25, 0.3) is 0 Å². The molecular weight excluding hydrogens is 266 g/mol. The number of hydrogen-bond acceptors (Lipinski definition) is 3. The summed E-state index contributed by atoms with van der Waals surface area (Å²) in [6.07, 6.45) is 4.72. The van der Waals surface area contributed by atoms with Crippen molar-refractivity contribution >= 4 is 16.0 Å². The van der Waals surface area contributed by atoms with Gasteiger partial charge in [0.15, 0.2) is 5.75 Å². The van der Waals surface area contributed by atoms with Crippen molar-refractivity contribution in [2.75, 3.05) is 5.75 Å². The van der Waals surface area contributed by atoms with E-state index in [1.54, 1.807) is 0 Å². The molecule has 5 nitrogen and oxygen atoms in total. The lowest BCUT2D eigenvalue weighted by Crippen LogP contribution is -2.41. The van der Waals surface area contributed by atoms with Crippen LogP contribution in [-0.2, 0) is 14.8 Å². The molecule has 0 saturated heterocycles. The molecule has 0 aromatic rings. The molecule has 0 bridgehead atoms. The number of sulfonamides is 1. The van der Waals surface area contributed by atoms with Gasteiger partial charge < -0.3 is 5.11 Å². The van der Waals surface area contributed by atoms with Crippen LogP contribution in [0, 0.1) is 11.3 Å². The molecule has 0 aliphatic heterocycles. The molecule has 0 spiro atoms. The Bertz CT molecular complexity index is 408. The minimum Gasteiger partial charge on any atom is -0.480 e. The number of hydrogen-bond donors (Lipinski definition) is 2. The average Bonchev–Trinajstić information content (AvgIpc) is 2.27. The fourth-order valence-electron chi connectivity index (χ4n) is 2.74. The van der Waals surface area contributed by atoms with Gasteiger partial charge >= 0.3 is 5.97 Å². The second-order valence-electron chi connectivity index (χ2n) is 6.16. The lowest BCUT2D eigenvalue weighted by atomic mass is 9.69. The third-order valence-corrected chi connectivity index (χ3v) is 5.72. The molecule has 1 aliphatic carbocycles. The molecule has 1 fully saturated rings. The summed E-state index contributed by atoms with van der Waals surface area (Å²) in [6.45, 7) is 6.70. The Balaban J connectivity index is 2.49. The van der Waals surface area contributed by atoms with Crippen LogP contribution in [0.2, 0.25) is 0 Å². The Morgan fingerprint density at radius 1 is 1.26 bits per heavy atom. The molecule has 0 atom stereocenters. The molecule has 1 aliphatic rings. The van der Waals surface area contributed by atoms with Crippen molar-refractivity contribution < 1.29 is 18.3 Å². The number of carboxylic acids is 1. The molecule has 0 unspecified atom stereocenters. The molecule has 1 saturated carbocycles. The van der Waals surface area contributed by atoms with Crippen molar-refractivity contribution in [3.63, 3.8) is 0 Å². The Hall–Kier alpha value is -0.620. The largest absolute Gasteiger partial charge is 0.480 e. The van der Waals surface area contributed by atoms with E-state index >= 15 is 0 Å². The van der Waals surface area contributed by atoms with Gasteiger partial charge in [0.2, 0.25) is 10.0 Å². The first-order valence-corrected chi connectivity index (χ1v) is 8.53. The van der Waals surface area contributed by atoms with Crippen molar-refractivity contribution in [2.24, 2.45) is 11.3 Å². The zero-order valence-corrected chi connectivity index (χ0v) is 12.8. The van der Waals surface area contributed by atoms with Crippen LogP contribution < -0.4 is 4.72 Å². The second-order valence-corrected chi connectivity index (χ2v) is 7.92. The molecule has 2 N–H and O–H groups in total. The molecule has 112 valence electrons. The zero-order valence-electron chi connectivity index (χ0n) is 12.0. The number of aliphatic carboxylic acids is 1. The van der Waals surface area contributed by atoms with E-state index in [0.717, 1.165) is 32.1 Å². The third-order valence-electron chi connectivity index (χ3n) is 4.40. The highest BCUT2D eigenvalue weighted by molar-refractivity contribution is 7.90. The van der Waals surface area contributed by atoms with Crippen molar-refractivity contribution in [2.45, 2.75) is 58.9 Å². The van der Waals surface area contributed by atoms with Gasteiger partial charge in [-0.05, 0) is 37.0 Å². The van der Waals surface area contributed by atoms with Gasteiger partial charge in [-0.1, -0.05) is 27.2 Å². The van der Waals surface area contributed by atoms with E-state index < -0.39 is 21.7 Å². The van der Waals surface area contributed by atoms with Gasteiger partial charge in [-0.25, -0.2) is 13.1 Å². The summed E-state index contributed by atoms with van der Waals surface area (Å²) in [5, 5.41) is 8.54. The predicted molar refractivity (Wildman–Crippen MR) is 74.4 cm³/mol. The lowest BCUT2D eigenvalue weighted by Gasteiger charge is -2.38. The molecule has 0 amide bonds. The smallest absolute Gasteiger partial charge is 0.320 e. The van der Waals surface area contributed by atoms with E-state index in [9.17, 15) is 13.2 Å². The molecule has 0 aromatic heterocycles. The van der Waals surface area contributed by atoms with Gasteiger partial charge in [-0.15, -0.1) is 0 Å². The van der Waals surface area contributed by atoms with Crippen LogP contribution in [0.5, 0.6) is 0 Å². The molecular formula is C13H25NO4S. The van der Waals surface area contributed by atoms with Crippen LogP contribution in [0.15, 0.2) is 0 Å². The zero-order chi connectivity index (χ0) is 14.7. The monoisotopic (exact) mass is 291 g/mol. The van der Waals surface area contributed by atoms with Gasteiger partial charge in [-0.3, -0.25) is 4.79 Å². The minimum absolute atomic E-state index is 0.103. The van der Waals surface area contributed by atoms with Gasteiger partial charge in [0, 0.05) is 6.04 Å². The first-order chi connectivity index (χ1) is 8.66. The van der Waals surface area contributed by atoms with Gasteiger partial charge in [0.25, 0.3) is 0 Å². The van der Waals surface area contributed by atoms with Crippen molar-refractivity contribution in [3.8, 4) is 0 Å². The van der Waals surface area contributed by atoms with E-state index in [1.165, 1.54) is 0 Å². The van der Waals surface area contributed by atoms with Gasteiger partial charge in [0.1, 0.15) is 0 Å². The van der Waals surface area contributed by atoms with Crippen molar-refractivity contribution in [1.82, 2.24) is 4.72 Å². The maximum atomic E-state index is 11.6. The number of carboxylic acid groups (broad SMARTS) is 1. The van der Waals surface area contributed by atoms with E-state index in [-0.39, 0.29) is 6.04 Å². The summed E-state index contributed by atoms with van der Waals surface area (Å²) in [7, 11) is -3.69. The van der Waals surface area contributed by atoms with Crippen LogP contribution in [0.4, 0.5) is 0 Å². The van der Waals surface area contributed by atoms with E-state index in [2.05, 4.69) is 25.5 Å². The molecule has 0 aromatic carbocycles.